The van der Waals surface area contributed by atoms with Crippen LogP contribution in [0.2, 0.25) is 0 Å². The maximum atomic E-state index is 9.48. The number of aliphatic hydroxyl groups excluding tert-OH is 1. The maximum absolute atomic E-state index is 9.48. The lowest BCUT2D eigenvalue weighted by molar-refractivity contribution is 0.244. The van der Waals surface area contributed by atoms with Crippen LogP contribution >= 0.6 is 0 Å². The van der Waals surface area contributed by atoms with Gasteiger partial charge >= 0.3 is 0 Å². The van der Waals surface area contributed by atoms with Gasteiger partial charge in [0.1, 0.15) is 5.82 Å². The molecule has 0 bridgehead atoms. The average Bonchev–Trinajstić information content (AvgIpc) is 2.77. The first kappa shape index (κ1) is 13.1. The Labute approximate surface area is 108 Å². The van der Waals surface area contributed by atoms with Gasteiger partial charge in [-0.25, -0.2) is 4.98 Å². The summed E-state index contributed by atoms with van der Waals surface area (Å²) in [5.74, 6) is 2.09. The summed E-state index contributed by atoms with van der Waals surface area (Å²) in [6.07, 6.45) is 3.93. The molecule has 0 radical (unpaired) electrons. The lowest BCUT2D eigenvalue weighted by atomic mass is 10.0. The lowest BCUT2D eigenvalue weighted by Crippen LogP contribution is -2.35. The van der Waals surface area contributed by atoms with Gasteiger partial charge in [0.25, 0.3) is 0 Å². The van der Waals surface area contributed by atoms with Crippen molar-refractivity contribution in [3.8, 4) is 0 Å². The van der Waals surface area contributed by atoms with E-state index in [0.717, 1.165) is 31.7 Å². The van der Waals surface area contributed by atoms with Crippen molar-refractivity contribution in [2.45, 2.75) is 32.7 Å². The molecule has 5 nitrogen and oxygen atoms in total. The molecule has 0 spiro atoms. The Kier molecular flexibility index (Phi) is 4.36. The first-order chi connectivity index (χ1) is 8.76. The third kappa shape index (κ3) is 2.72. The number of anilines is 2. The fourth-order valence-electron chi connectivity index (χ4n) is 2.40. The molecule has 2 rings (SSSR count). The minimum Gasteiger partial charge on any atom is -0.394 e. The summed E-state index contributed by atoms with van der Waals surface area (Å²) in [4.78, 5) is 10.9. The molecule has 100 valence electrons. The number of aliphatic hydroxyl groups is 1. The SMILES string of the molecule is CCCNc1nccc(N2CCC(C)C2CO)n1. The van der Waals surface area contributed by atoms with Crippen LogP contribution in [0.15, 0.2) is 12.3 Å². The Balaban J connectivity index is 2.12. The molecule has 5 heteroatoms. The van der Waals surface area contributed by atoms with Crippen LogP contribution in [0.25, 0.3) is 0 Å². The summed E-state index contributed by atoms with van der Waals surface area (Å²) in [7, 11) is 0. The van der Waals surface area contributed by atoms with E-state index in [1.54, 1.807) is 6.20 Å². The summed E-state index contributed by atoms with van der Waals surface area (Å²) in [5.41, 5.74) is 0. The topological polar surface area (TPSA) is 61.3 Å². The molecule has 0 aromatic carbocycles. The van der Waals surface area contributed by atoms with E-state index in [2.05, 4.69) is 34.0 Å². The van der Waals surface area contributed by atoms with Gasteiger partial charge in [-0.3, -0.25) is 0 Å². The smallest absolute Gasteiger partial charge is 0.224 e. The monoisotopic (exact) mass is 250 g/mol. The molecule has 1 aromatic heterocycles. The van der Waals surface area contributed by atoms with Gasteiger partial charge in [-0.05, 0) is 24.8 Å². The normalized spacial score (nSPS) is 23.4. The second kappa shape index (κ2) is 6.00. The number of nitrogens with zero attached hydrogens (tertiary/aromatic N) is 3. The molecular weight excluding hydrogens is 228 g/mol. The van der Waals surface area contributed by atoms with Crippen LogP contribution in [-0.4, -0.2) is 40.8 Å². The van der Waals surface area contributed by atoms with Gasteiger partial charge in [0, 0.05) is 19.3 Å². The van der Waals surface area contributed by atoms with Crippen molar-refractivity contribution in [2.24, 2.45) is 5.92 Å². The van der Waals surface area contributed by atoms with E-state index in [-0.39, 0.29) is 12.6 Å². The van der Waals surface area contributed by atoms with E-state index < -0.39 is 0 Å². The van der Waals surface area contributed by atoms with Crippen LogP contribution in [0.1, 0.15) is 26.7 Å². The quantitative estimate of drug-likeness (QED) is 0.829. The van der Waals surface area contributed by atoms with Gasteiger partial charge in [-0.1, -0.05) is 13.8 Å². The second-order valence-corrected chi connectivity index (χ2v) is 4.87. The van der Waals surface area contributed by atoms with Gasteiger partial charge in [-0.2, -0.15) is 4.98 Å². The minimum atomic E-state index is 0.180. The Morgan fingerprint density at radius 2 is 2.39 bits per heavy atom. The van der Waals surface area contributed by atoms with Gasteiger partial charge < -0.3 is 15.3 Å². The Hall–Kier alpha value is -1.36. The number of rotatable bonds is 5. The van der Waals surface area contributed by atoms with Crippen LogP contribution in [-0.2, 0) is 0 Å². The number of hydrogen-bond donors (Lipinski definition) is 2. The van der Waals surface area contributed by atoms with E-state index in [1.165, 1.54) is 0 Å². The van der Waals surface area contributed by atoms with Gasteiger partial charge in [0.2, 0.25) is 5.95 Å². The molecule has 2 atom stereocenters. The molecule has 1 aromatic rings. The van der Waals surface area contributed by atoms with Crippen LogP contribution in [0.5, 0.6) is 0 Å². The summed E-state index contributed by atoms with van der Waals surface area (Å²) in [6.45, 7) is 6.31. The lowest BCUT2D eigenvalue weighted by Gasteiger charge is -2.26. The van der Waals surface area contributed by atoms with E-state index >= 15 is 0 Å². The standard InChI is InChI=1S/C13H22N4O/c1-3-6-14-13-15-7-4-12(16-13)17-8-5-10(2)11(17)9-18/h4,7,10-11,18H,3,5-6,8-9H2,1-2H3,(H,14,15,16). The van der Waals surface area contributed by atoms with E-state index in [4.69, 9.17) is 0 Å². The Morgan fingerprint density at radius 1 is 1.56 bits per heavy atom. The van der Waals surface area contributed by atoms with Crippen molar-refractivity contribution in [2.75, 3.05) is 29.9 Å². The molecule has 0 aliphatic carbocycles. The van der Waals surface area contributed by atoms with Gasteiger partial charge in [0.05, 0.1) is 12.6 Å². The average molecular weight is 250 g/mol. The van der Waals surface area contributed by atoms with Crippen molar-refractivity contribution in [1.29, 1.82) is 0 Å². The molecular formula is C13H22N4O. The fourth-order valence-corrected chi connectivity index (χ4v) is 2.40. The van der Waals surface area contributed by atoms with Crippen LogP contribution in [0.3, 0.4) is 0 Å². The number of nitrogens with one attached hydrogen (secondary N) is 1. The zero-order chi connectivity index (χ0) is 13.0. The van der Waals surface area contributed by atoms with Gasteiger partial charge in [-0.15, -0.1) is 0 Å². The first-order valence-electron chi connectivity index (χ1n) is 6.70. The molecule has 2 unspecified atom stereocenters. The minimum absolute atomic E-state index is 0.180. The first-order valence-corrected chi connectivity index (χ1v) is 6.70. The summed E-state index contributed by atoms with van der Waals surface area (Å²) < 4.78 is 0. The zero-order valence-corrected chi connectivity index (χ0v) is 11.1. The highest BCUT2D eigenvalue weighted by atomic mass is 16.3. The molecule has 0 saturated carbocycles. The van der Waals surface area contributed by atoms with Gasteiger partial charge in [0.15, 0.2) is 0 Å². The van der Waals surface area contributed by atoms with Crippen molar-refractivity contribution >= 4 is 11.8 Å². The molecule has 1 saturated heterocycles. The zero-order valence-electron chi connectivity index (χ0n) is 11.1. The van der Waals surface area contributed by atoms with E-state index in [0.29, 0.717) is 11.9 Å². The number of hydrogen-bond acceptors (Lipinski definition) is 5. The largest absolute Gasteiger partial charge is 0.394 e. The molecule has 1 aliphatic heterocycles. The molecule has 1 fully saturated rings. The second-order valence-electron chi connectivity index (χ2n) is 4.87. The highest BCUT2D eigenvalue weighted by Crippen LogP contribution is 2.28. The van der Waals surface area contributed by atoms with Crippen molar-refractivity contribution < 1.29 is 5.11 Å². The predicted octanol–water partition coefficient (Wildman–Crippen LogP) is 1.51. The summed E-state index contributed by atoms with van der Waals surface area (Å²) >= 11 is 0. The third-order valence-corrected chi connectivity index (χ3v) is 3.54. The van der Waals surface area contributed by atoms with Crippen molar-refractivity contribution in [3.63, 3.8) is 0 Å². The molecule has 2 N–H and O–H groups in total. The fraction of sp³-hybridized carbons (Fsp3) is 0.692. The van der Waals surface area contributed by atoms with Crippen LogP contribution in [0, 0.1) is 5.92 Å². The Morgan fingerprint density at radius 3 is 3.11 bits per heavy atom. The Bertz CT molecular complexity index is 385. The highest BCUT2D eigenvalue weighted by molar-refractivity contribution is 5.44. The summed E-state index contributed by atoms with van der Waals surface area (Å²) in [5, 5.41) is 12.7. The van der Waals surface area contributed by atoms with E-state index in [1.807, 2.05) is 6.07 Å². The number of aromatic nitrogens is 2. The van der Waals surface area contributed by atoms with Crippen LogP contribution < -0.4 is 10.2 Å². The van der Waals surface area contributed by atoms with Crippen LogP contribution in [0.4, 0.5) is 11.8 Å². The van der Waals surface area contributed by atoms with Crippen molar-refractivity contribution in [1.82, 2.24) is 9.97 Å². The maximum Gasteiger partial charge on any atom is 0.224 e. The molecule has 2 heterocycles. The van der Waals surface area contributed by atoms with E-state index in [9.17, 15) is 5.11 Å². The third-order valence-electron chi connectivity index (χ3n) is 3.54. The summed E-state index contributed by atoms with van der Waals surface area (Å²) in [6, 6.07) is 2.09. The highest BCUT2D eigenvalue weighted by Gasteiger charge is 2.31. The molecule has 1 aliphatic rings. The predicted molar refractivity (Wildman–Crippen MR) is 72.8 cm³/mol. The molecule has 18 heavy (non-hydrogen) atoms. The van der Waals surface area contributed by atoms with Crippen molar-refractivity contribution in [3.05, 3.63) is 12.3 Å². The molecule has 0 amide bonds.